The third-order valence-electron chi connectivity index (χ3n) is 4.89. The number of carbonyl (C=O) groups excluding carboxylic acids is 2. The number of nitrogens with zero attached hydrogens (tertiary/aromatic N) is 2. The first-order valence-electron chi connectivity index (χ1n) is 9.12. The van der Waals surface area contributed by atoms with Gasteiger partial charge in [0.15, 0.2) is 0 Å². The van der Waals surface area contributed by atoms with Gasteiger partial charge in [0.2, 0.25) is 0 Å². The Morgan fingerprint density at radius 2 is 1.80 bits per heavy atom. The number of aliphatic hydroxyl groups excluding tert-OH is 1. The van der Waals surface area contributed by atoms with Gasteiger partial charge in [0.1, 0.15) is 11.8 Å². The number of halogens is 2. The van der Waals surface area contributed by atoms with Gasteiger partial charge in [0, 0.05) is 17.4 Å². The molecule has 1 aliphatic rings. The molecule has 7 heteroatoms. The molecule has 5 nitrogen and oxygen atoms in total. The summed E-state index contributed by atoms with van der Waals surface area (Å²) >= 11 is 12.1. The Balaban J connectivity index is 1.95. The molecule has 30 heavy (non-hydrogen) atoms. The van der Waals surface area contributed by atoms with Crippen LogP contribution < -0.4 is 4.90 Å². The summed E-state index contributed by atoms with van der Waals surface area (Å²) < 4.78 is 0. The van der Waals surface area contributed by atoms with Gasteiger partial charge in [0.05, 0.1) is 21.3 Å². The molecule has 1 N–H and O–H groups in total. The lowest BCUT2D eigenvalue weighted by Gasteiger charge is -2.24. The maximum absolute atomic E-state index is 13.0. The molecule has 1 amide bonds. The Bertz CT molecular complexity index is 1190. The maximum atomic E-state index is 13.0. The number of ketones is 1. The lowest BCUT2D eigenvalue weighted by Crippen LogP contribution is -2.29. The zero-order valence-corrected chi connectivity index (χ0v) is 17.4. The third-order valence-corrected chi connectivity index (χ3v) is 5.62. The van der Waals surface area contributed by atoms with Gasteiger partial charge in [0.25, 0.3) is 11.7 Å². The number of carbonyl (C=O) groups is 2. The number of aryl methyl sites for hydroxylation is 1. The monoisotopic (exact) mass is 438 g/mol. The quantitative estimate of drug-likeness (QED) is 0.341. The number of aliphatic hydroxyl groups is 1. The molecule has 4 rings (SSSR count). The number of anilines is 1. The van der Waals surface area contributed by atoms with Crippen molar-refractivity contribution >= 4 is 46.3 Å². The summed E-state index contributed by atoms with van der Waals surface area (Å²) in [5.74, 6) is -1.87. The van der Waals surface area contributed by atoms with Crippen LogP contribution in [0.25, 0.3) is 5.76 Å². The zero-order chi connectivity index (χ0) is 21.4. The topological polar surface area (TPSA) is 70.5 Å². The van der Waals surface area contributed by atoms with E-state index in [0.717, 1.165) is 5.56 Å². The normalized spacial score (nSPS) is 18.1. The fraction of sp³-hybridized carbons (Fsp3) is 0.0870. The first kappa shape index (κ1) is 20.1. The minimum atomic E-state index is -0.887. The van der Waals surface area contributed by atoms with Gasteiger partial charge in [-0.1, -0.05) is 41.4 Å². The second kappa shape index (κ2) is 7.94. The van der Waals surface area contributed by atoms with Crippen LogP contribution in [0.15, 0.2) is 72.4 Å². The summed E-state index contributed by atoms with van der Waals surface area (Å²) in [6.07, 6.45) is 1.57. The highest BCUT2D eigenvalue weighted by molar-refractivity contribution is 6.51. The standard InChI is InChI=1S/C23H16Cl2N2O3/c1-13-5-4-6-15(11-13)27-20(18-7-2-3-10-26-18)19(22(29)23(27)30)21(28)14-8-9-16(24)17(25)12-14/h2-12,20,28H,1H3/b21-19-. The van der Waals surface area contributed by atoms with Gasteiger partial charge in [-0.15, -0.1) is 0 Å². The predicted molar refractivity (Wildman–Crippen MR) is 117 cm³/mol. The minimum Gasteiger partial charge on any atom is -0.507 e. The number of rotatable bonds is 3. The van der Waals surface area contributed by atoms with E-state index in [1.54, 1.807) is 48.7 Å². The van der Waals surface area contributed by atoms with Crippen LogP contribution in [0.5, 0.6) is 0 Å². The van der Waals surface area contributed by atoms with E-state index in [9.17, 15) is 14.7 Å². The summed E-state index contributed by atoms with van der Waals surface area (Å²) in [4.78, 5) is 31.8. The Labute approximate surface area is 183 Å². The van der Waals surface area contributed by atoms with E-state index in [1.165, 1.54) is 17.0 Å². The molecule has 0 radical (unpaired) electrons. The minimum absolute atomic E-state index is 0.0569. The van der Waals surface area contributed by atoms with Crippen LogP contribution in [-0.4, -0.2) is 21.8 Å². The summed E-state index contributed by atoms with van der Waals surface area (Å²) in [5.41, 5.74) is 2.16. The molecule has 2 heterocycles. The molecule has 1 saturated heterocycles. The lowest BCUT2D eigenvalue weighted by molar-refractivity contribution is -0.132. The van der Waals surface area contributed by atoms with Crippen molar-refractivity contribution in [3.63, 3.8) is 0 Å². The van der Waals surface area contributed by atoms with Crippen molar-refractivity contribution in [3.8, 4) is 0 Å². The fourth-order valence-corrected chi connectivity index (χ4v) is 3.79. The van der Waals surface area contributed by atoms with Crippen LogP contribution in [0.2, 0.25) is 10.0 Å². The molecule has 0 spiro atoms. The van der Waals surface area contributed by atoms with Gasteiger partial charge in [-0.2, -0.15) is 0 Å². The third kappa shape index (κ3) is 3.47. The van der Waals surface area contributed by atoms with Gasteiger partial charge < -0.3 is 5.11 Å². The van der Waals surface area contributed by atoms with E-state index >= 15 is 0 Å². The molecular formula is C23H16Cl2N2O3. The van der Waals surface area contributed by atoms with Crippen molar-refractivity contribution in [2.75, 3.05) is 4.90 Å². The van der Waals surface area contributed by atoms with Gasteiger partial charge in [-0.25, -0.2) is 0 Å². The van der Waals surface area contributed by atoms with Crippen LogP contribution in [0.1, 0.15) is 22.9 Å². The molecule has 1 unspecified atom stereocenters. The number of amides is 1. The summed E-state index contributed by atoms with van der Waals surface area (Å²) in [6, 6.07) is 16.1. The van der Waals surface area contributed by atoms with Crippen LogP contribution >= 0.6 is 23.2 Å². The molecule has 1 aliphatic heterocycles. The van der Waals surface area contributed by atoms with E-state index < -0.39 is 17.7 Å². The maximum Gasteiger partial charge on any atom is 0.300 e. The second-order valence-electron chi connectivity index (χ2n) is 6.89. The average molecular weight is 439 g/mol. The molecule has 1 aromatic heterocycles. The highest BCUT2D eigenvalue weighted by Crippen LogP contribution is 2.42. The molecule has 0 bridgehead atoms. The second-order valence-corrected chi connectivity index (χ2v) is 7.71. The Morgan fingerprint density at radius 3 is 2.47 bits per heavy atom. The van der Waals surface area contributed by atoms with Crippen LogP contribution in [0.4, 0.5) is 5.69 Å². The van der Waals surface area contributed by atoms with E-state index in [0.29, 0.717) is 16.4 Å². The number of benzene rings is 2. The largest absolute Gasteiger partial charge is 0.507 e. The number of hydrogen-bond donors (Lipinski definition) is 1. The molecule has 3 aromatic rings. The van der Waals surface area contributed by atoms with Crippen LogP contribution in [0, 0.1) is 6.92 Å². The van der Waals surface area contributed by atoms with Gasteiger partial charge in [-0.05, 0) is 55.0 Å². The molecule has 2 aromatic carbocycles. The van der Waals surface area contributed by atoms with Crippen molar-refractivity contribution in [1.82, 2.24) is 4.98 Å². The van der Waals surface area contributed by atoms with E-state index in [4.69, 9.17) is 23.2 Å². The summed E-state index contributed by atoms with van der Waals surface area (Å²) in [6.45, 7) is 1.89. The fourth-order valence-electron chi connectivity index (χ4n) is 3.49. The number of pyridine rings is 1. The Morgan fingerprint density at radius 1 is 1.00 bits per heavy atom. The van der Waals surface area contributed by atoms with Gasteiger partial charge in [-0.3, -0.25) is 19.5 Å². The van der Waals surface area contributed by atoms with E-state index in [-0.39, 0.29) is 21.9 Å². The molecule has 1 fully saturated rings. The van der Waals surface area contributed by atoms with E-state index in [1.807, 2.05) is 13.0 Å². The van der Waals surface area contributed by atoms with Crippen molar-refractivity contribution < 1.29 is 14.7 Å². The SMILES string of the molecule is Cc1cccc(N2C(=O)C(=O)/C(=C(\O)c3ccc(Cl)c(Cl)c3)C2c2ccccn2)c1. The number of hydrogen-bond acceptors (Lipinski definition) is 4. The lowest BCUT2D eigenvalue weighted by atomic mass is 9.98. The highest BCUT2D eigenvalue weighted by Gasteiger charge is 2.47. The first-order chi connectivity index (χ1) is 14.4. The van der Waals surface area contributed by atoms with Crippen molar-refractivity contribution in [1.29, 1.82) is 0 Å². The van der Waals surface area contributed by atoms with Crippen molar-refractivity contribution in [2.45, 2.75) is 13.0 Å². The zero-order valence-electron chi connectivity index (χ0n) is 15.8. The first-order valence-corrected chi connectivity index (χ1v) is 9.88. The number of aromatic nitrogens is 1. The molecule has 1 atom stereocenters. The Hall–Kier alpha value is -3.15. The van der Waals surface area contributed by atoms with Crippen molar-refractivity contribution in [3.05, 3.63) is 99.3 Å². The molecule has 0 saturated carbocycles. The van der Waals surface area contributed by atoms with E-state index in [2.05, 4.69) is 4.98 Å². The molecule has 0 aliphatic carbocycles. The predicted octanol–water partition coefficient (Wildman–Crippen LogP) is 5.32. The average Bonchev–Trinajstić information content (AvgIpc) is 3.01. The van der Waals surface area contributed by atoms with Crippen molar-refractivity contribution in [2.24, 2.45) is 0 Å². The summed E-state index contributed by atoms with van der Waals surface area (Å²) in [5, 5.41) is 11.6. The van der Waals surface area contributed by atoms with Crippen LogP contribution in [-0.2, 0) is 9.59 Å². The van der Waals surface area contributed by atoms with Gasteiger partial charge >= 0.3 is 0 Å². The molecule has 150 valence electrons. The Kier molecular flexibility index (Phi) is 5.33. The van der Waals surface area contributed by atoms with Crippen LogP contribution in [0.3, 0.4) is 0 Å². The smallest absolute Gasteiger partial charge is 0.300 e. The summed E-state index contributed by atoms with van der Waals surface area (Å²) in [7, 11) is 0. The molecular weight excluding hydrogens is 423 g/mol. The highest BCUT2D eigenvalue weighted by atomic mass is 35.5. The number of Topliss-reactive ketones (excluding diaryl/α,β-unsaturated/α-hetero) is 1.